The number of benzene rings is 1. The molecule has 1 aromatic heterocycles. The topological polar surface area (TPSA) is 146 Å². The Morgan fingerprint density at radius 1 is 1.09 bits per heavy atom. The average Bonchev–Trinajstić information content (AvgIpc) is 2.81. The van der Waals surface area contributed by atoms with Gasteiger partial charge >= 0.3 is 11.6 Å². The minimum atomic E-state index is -1.59. The normalized spacial score (nSPS) is 12.7. The van der Waals surface area contributed by atoms with Crippen LogP contribution in [0.15, 0.2) is 33.5 Å². The number of carboxylic acids is 1. The van der Waals surface area contributed by atoms with Crippen LogP contribution >= 0.6 is 0 Å². The molecule has 0 saturated heterocycles. The smallest absolute Gasteiger partial charge is 0.349 e. The molecule has 2 aromatic rings. The summed E-state index contributed by atoms with van der Waals surface area (Å²) >= 11 is 0. The molecule has 1 unspecified atom stereocenters. The maximum atomic E-state index is 12.9. The molecule has 2 atom stereocenters. The number of ketones is 1. The van der Waals surface area contributed by atoms with E-state index >= 15 is 0 Å². The number of hydrogen-bond donors (Lipinski definition) is 3. The third-order valence-electron chi connectivity index (χ3n) is 5.54. The van der Waals surface area contributed by atoms with Crippen LogP contribution in [-0.2, 0) is 14.4 Å². The number of nitrogens with zero attached hydrogens (tertiary/aromatic N) is 1. The predicted molar refractivity (Wildman–Crippen MR) is 127 cm³/mol. The molecule has 0 fully saturated rings. The third kappa shape index (κ3) is 6.87. The first-order valence-electron chi connectivity index (χ1n) is 11.3. The standard InChI is InChI=1S/C24H30FN3O7/c1-5-28(6-2)15-8-7-14-9-16(24(34)35-19(14)10-15)22(32)27-21(13(3)4)23(33)26-17(11-20(30)31)18(29)12-25/h7-10,13,17,21H,5-6,11-12H2,1-4H3,(H,26,33)(H,27,32)(H,30,31)/t17?,21-/m0/s1. The van der Waals surface area contributed by atoms with Crippen molar-refractivity contribution in [3.63, 3.8) is 0 Å². The van der Waals surface area contributed by atoms with E-state index in [0.29, 0.717) is 11.0 Å². The van der Waals surface area contributed by atoms with Crippen molar-refractivity contribution in [2.24, 2.45) is 5.92 Å². The minimum absolute atomic E-state index is 0.301. The van der Waals surface area contributed by atoms with Crippen molar-refractivity contribution in [1.29, 1.82) is 0 Å². The van der Waals surface area contributed by atoms with E-state index in [1.165, 1.54) is 6.07 Å². The second kappa shape index (κ2) is 12.1. The molecule has 0 bridgehead atoms. The molecule has 190 valence electrons. The molecule has 35 heavy (non-hydrogen) atoms. The van der Waals surface area contributed by atoms with Gasteiger partial charge in [0, 0.05) is 30.2 Å². The molecule has 10 nitrogen and oxygen atoms in total. The highest BCUT2D eigenvalue weighted by Gasteiger charge is 2.30. The van der Waals surface area contributed by atoms with Gasteiger partial charge in [-0.3, -0.25) is 19.2 Å². The van der Waals surface area contributed by atoms with Gasteiger partial charge in [0.05, 0.1) is 6.42 Å². The van der Waals surface area contributed by atoms with Crippen LogP contribution in [0.25, 0.3) is 11.0 Å². The lowest BCUT2D eigenvalue weighted by Gasteiger charge is -2.24. The quantitative estimate of drug-likeness (QED) is 0.382. The second-order valence-corrected chi connectivity index (χ2v) is 8.30. The summed E-state index contributed by atoms with van der Waals surface area (Å²) in [5.74, 6) is -4.77. The first kappa shape index (κ1) is 27.5. The van der Waals surface area contributed by atoms with Crippen LogP contribution in [0.2, 0.25) is 0 Å². The van der Waals surface area contributed by atoms with Crippen molar-refractivity contribution in [3.05, 3.63) is 40.2 Å². The van der Waals surface area contributed by atoms with E-state index in [-0.39, 0.29) is 5.56 Å². The Bertz CT molecular complexity index is 1160. The lowest BCUT2D eigenvalue weighted by atomic mass is 10.0. The largest absolute Gasteiger partial charge is 0.481 e. The Hall–Kier alpha value is -3.76. The van der Waals surface area contributed by atoms with Crippen LogP contribution in [0.1, 0.15) is 44.5 Å². The SMILES string of the molecule is CCN(CC)c1ccc2cc(C(=O)N[C@H](C(=O)NC(CC(=O)O)C(=O)CF)C(C)C)c(=O)oc2c1. The van der Waals surface area contributed by atoms with E-state index in [9.17, 15) is 28.4 Å². The Labute approximate surface area is 201 Å². The molecule has 0 saturated carbocycles. The summed E-state index contributed by atoms with van der Waals surface area (Å²) in [5.41, 5.74) is -0.0621. The van der Waals surface area contributed by atoms with Gasteiger partial charge in [0.2, 0.25) is 5.91 Å². The number of carboxylic acid groups (broad SMARTS) is 1. The van der Waals surface area contributed by atoms with Crippen molar-refractivity contribution in [2.45, 2.75) is 46.2 Å². The van der Waals surface area contributed by atoms with Crippen molar-refractivity contribution < 1.29 is 33.1 Å². The lowest BCUT2D eigenvalue weighted by Crippen LogP contribution is -2.54. The molecular formula is C24H30FN3O7. The first-order valence-corrected chi connectivity index (χ1v) is 11.3. The van der Waals surface area contributed by atoms with Crippen LogP contribution in [0.4, 0.5) is 10.1 Å². The zero-order chi connectivity index (χ0) is 26.3. The van der Waals surface area contributed by atoms with E-state index in [0.717, 1.165) is 18.8 Å². The molecule has 0 aliphatic heterocycles. The number of anilines is 1. The summed E-state index contributed by atoms with van der Waals surface area (Å²) in [7, 11) is 0. The average molecular weight is 492 g/mol. The third-order valence-corrected chi connectivity index (χ3v) is 5.54. The molecule has 1 aromatic carbocycles. The van der Waals surface area contributed by atoms with Gasteiger partial charge in [0.1, 0.15) is 29.9 Å². The molecule has 11 heteroatoms. The van der Waals surface area contributed by atoms with Crippen molar-refractivity contribution in [3.8, 4) is 0 Å². The number of alkyl halides is 1. The fourth-order valence-electron chi connectivity index (χ4n) is 3.57. The summed E-state index contributed by atoms with van der Waals surface area (Å²) < 4.78 is 18.2. The number of halogens is 1. The maximum absolute atomic E-state index is 12.9. The number of amides is 2. The number of hydrogen-bond acceptors (Lipinski definition) is 7. The molecule has 2 rings (SSSR count). The Balaban J connectivity index is 2.29. The van der Waals surface area contributed by atoms with E-state index in [1.54, 1.807) is 26.0 Å². The van der Waals surface area contributed by atoms with Crippen LogP contribution in [0.5, 0.6) is 0 Å². The number of carbonyl (C=O) groups excluding carboxylic acids is 3. The van der Waals surface area contributed by atoms with Gasteiger partial charge in [0.25, 0.3) is 5.91 Å². The molecule has 0 spiro atoms. The van der Waals surface area contributed by atoms with Gasteiger partial charge in [-0.1, -0.05) is 13.8 Å². The summed E-state index contributed by atoms with van der Waals surface area (Å²) in [6.07, 6.45) is -0.809. The summed E-state index contributed by atoms with van der Waals surface area (Å²) in [4.78, 5) is 62.9. The van der Waals surface area contributed by atoms with Crippen molar-refractivity contribution in [2.75, 3.05) is 24.7 Å². The van der Waals surface area contributed by atoms with Crippen molar-refractivity contribution >= 4 is 40.2 Å². The molecule has 0 aliphatic rings. The number of fused-ring (bicyclic) bond motifs is 1. The number of rotatable bonds is 12. The number of Topliss-reactive ketones (excluding diaryl/α,β-unsaturated/α-hetero) is 1. The minimum Gasteiger partial charge on any atom is -0.481 e. The molecule has 1 heterocycles. The van der Waals surface area contributed by atoms with E-state index in [1.807, 2.05) is 19.9 Å². The van der Waals surface area contributed by atoms with Gasteiger partial charge in [-0.15, -0.1) is 0 Å². The Morgan fingerprint density at radius 3 is 2.29 bits per heavy atom. The summed E-state index contributed by atoms with van der Waals surface area (Å²) in [6.45, 7) is 7.26. The fourth-order valence-corrected chi connectivity index (χ4v) is 3.57. The number of aliphatic carboxylic acids is 1. The van der Waals surface area contributed by atoms with Gasteiger partial charge < -0.3 is 25.1 Å². The van der Waals surface area contributed by atoms with Crippen LogP contribution in [0.3, 0.4) is 0 Å². The Morgan fingerprint density at radius 2 is 1.74 bits per heavy atom. The van der Waals surface area contributed by atoms with Gasteiger partial charge in [-0.25, -0.2) is 9.18 Å². The first-order chi connectivity index (χ1) is 16.5. The molecular weight excluding hydrogens is 461 g/mol. The summed E-state index contributed by atoms with van der Waals surface area (Å²) in [5, 5.41) is 14.0. The second-order valence-electron chi connectivity index (χ2n) is 8.30. The maximum Gasteiger partial charge on any atom is 0.349 e. The van der Waals surface area contributed by atoms with Gasteiger partial charge in [-0.05, 0) is 38.0 Å². The highest BCUT2D eigenvalue weighted by Crippen LogP contribution is 2.22. The van der Waals surface area contributed by atoms with Crippen LogP contribution < -0.4 is 21.2 Å². The van der Waals surface area contributed by atoms with Gasteiger partial charge in [0.15, 0.2) is 5.78 Å². The number of nitrogens with one attached hydrogen (secondary N) is 2. The molecule has 0 aliphatic carbocycles. The van der Waals surface area contributed by atoms with Crippen LogP contribution in [0, 0.1) is 5.92 Å². The summed E-state index contributed by atoms with van der Waals surface area (Å²) in [6, 6.07) is 3.80. The fraction of sp³-hybridized carbons (Fsp3) is 0.458. The van der Waals surface area contributed by atoms with E-state index < -0.39 is 60.3 Å². The molecule has 2 amide bonds. The molecule has 3 N–H and O–H groups in total. The monoisotopic (exact) mass is 491 g/mol. The number of carbonyl (C=O) groups is 4. The zero-order valence-corrected chi connectivity index (χ0v) is 20.1. The van der Waals surface area contributed by atoms with Gasteiger partial charge in [-0.2, -0.15) is 0 Å². The highest BCUT2D eigenvalue weighted by molar-refractivity contribution is 6.00. The van der Waals surface area contributed by atoms with E-state index in [2.05, 4.69) is 15.5 Å². The van der Waals surface area contributed by atoms with E-state index in [4.69, 9.17) is 9.52 Å². The van der Waals surface area contributed by atoms with Crippen molar-refractivity contribution in [1.82, 2.24) is 10.6 Å². The Kier molecular flexibility index (Phi) is 9.50. The highest BCUT2D eigenvalue weighted by atomic mass is 19.1. The van der Waals surface area contributed by atoms with Crippen LogP contribution in [-0.4, -0.2) is 60.5 Å². The lowest BCUT2D eigenvalue weighted by molar-refractivity contribution is -0.140. The zero-order valence-electron chi connectivity index (χ0n) is 20.1. The molecule has 0 radical (unpaired) electrons. The predicted octanol–water partition coefficient (Wildman–Crippen LogP) is 1.89.